The van der Waals surface area contributed by atoms with Crippen molar-refractivity contribution in [3.63, 3.8) is 0 Å². The maximum absolute atomic E-state index is 4.50. The van der Waals surface area contributed by atoms with Crippen LogP contribution >= 0.6 is 0 Å². The third kappa shape index (κ3) is 1.22. The van der Waals surface area contributed by atoms with E-state index in [2.05, 4.69) is 22.3 Å². The Morgan fingerprint density at radius 3 is 3.08 bits per heavy atom. The van der Waals surface area contributed by atoms with Gasteiger partial charge in [0.05, 0.1) is 18.4 Å². The number of likely N-dealkylation sites (N-methyl/N-ethyl adjacent to an activating group) is 1. The Labute approximate surface area is 73.9 Å². The van der Waals surface area contributed by atoms with E-state index in [1.54, 1.807) is 0 Å². The Balaban J connectivity index is 1.99. The molecule has 0 aromatic carbocycles. The summed E-state index contributed by atoms with van der Waals surface area (Å²) in [5.74, 6) is 0. The van der Waals surface area contributed by atoms with Gasteiger partial charge in [0, 0.05) is 13.1 Å². The van der Waals surface area contributed by atoms with Crippen molar-refractivity contribution in [2.24, 2.45) is 4.99 Å². The molecule has 12 heavy (non-hydrogen) atoms. The van der Waals surface area contributed by atoms with Crippen LogP contribution in [0.15, 0.2) is 4.99 Å². The number of nitrogens with zero attached hydrogens (tertiary/aromatic N) is 2. The molecule has 68 valence electrons. The summed E-state index contributed by atoms with van der Waals surface area (Å²) in [6, 6.07) is 1.94. The van der Waals surface area contributed by atoms with Gasteiger partial charge in [0.25, 0.3) is 0 Å². The zero-order valence-corrected chi connectivity index (χ0v) is 7.83. The fraction of sp³-hybridized carbons (Fsp3) is 0.889. The Morgan fingerprint density at radius 2 is 2.33 bits per heavy atom. The van der Waals surface area contributed by atoms with Gasteiger partial charge in [0.1, 0.15) is 0 Å². The van der Waals surface area contributed by atoms with Crippen LogP contribution in [0.4, 0.5) is 0 Å². The molecule has 1 saturated carbocycles. The van der Waals surface area contributed by atoms with Crippen LogP contribution in [0.1, 0.15) is 19.3 Å². The molecule has 3 heteroatoms. The lowest BCUT2D eigenvalue weighted by Crippen LogP contribution is -2.43. The quantitative estimate of drug-likeness (QED) is 0.614. The summed E-state index contributed by atoms with van der Waals surface area (Å²) in [6.07, 6.45) is 5.79. The van der Waals surface area contributed by atoms with Gasteiger partial charge in [-0.3, -0.25) is 4.99 Å². The predicted molar refractivity (Wildman–Crippen MR) is 50.5 cm³/mol. The van der Waals surface area contributed by atoms with E-state index in [-0.39, 0.29) is 0 Å². The third-order valence-corrected chi connectivity index (χ3v) is 3.15. The van der Waals surface area contributed by atoms with Crippen molar-refractivity contribution in [2.45, 2.75) is 37.4 Å². The summed E-state index contributed by atoms with van der Waals surface area (Å²) < 4.78 is 0. The summed E-state index contributed by atoms with van der Waals surface area (Å²) in [6.45, 7) is 0. The van der Waals surface area contributed by atoms with Crippen molar-refractivity contribution >= 4 is 6.34 Å². The summed E-state index contributed by atoms with van der Waals surface area (Å²) in [7, 11) is 4.18. The van der Waals surface area contributed by atoms with E-state index in [1.165, 1.54) is 19.3 Å². The molecule has 0 aromatic heterocycles. The average molecular weight is 167 g/mol. The molecule has 2 aliphatic rings. The predicted octanol–water partition coefficient (Wildman–Crippen LogP) is 0.469. The van der Waals surface area contributed by atoms with Gasteiger partial charge in [-0.1, -0.05) is 0 Å². The Bertz CT molecular complexity index is 190. The van der Waals surface area contributed by atoms with E-state index in [0.29, 0.717) is 18.1 Å². The van der Waals surface area contributed by atoms with Gasteiger partial charge < -0.3 is 10.2 Å². The van der Waals surface area contributed by atoms with Gasteiger partial charge >= 0.3 is 0 Å². The first kappa shape index (κ1) is 8.05. The van der Waals surface area contributed by atoms with Gasteiger partial charge in [-0.25, -0.2) is 0 Å². The molecule has 0 amide bonds. The van der Waals surface area contributed by atoms with E-state index >= 15 is 0 Å². The summed E-state index contributed by atoms with van der Waals surface area (Å²) in [4.78, 5) is 6.76. The number of rotatable bonds is 1. The zero-order valence-electron chi connectivity index (χ0n) is 7.83. The van der Waals surface area contributed by atoms with Crippen molar-refractivity contribution in [1.29, 1.82) is 0 Å². The number of aliphatic imine (C=N–C) groups is 1. The highest BCUT2D eigenvalue weighted by molar-refractivity contribution is 5.58. The minimum absolute atomic E-state index is 0.557. The number of hydrogen-bond acceptors (Lipinski definition) is 3. The summed E-state index contributed by atoms with van der Waals surface area (Å²) >= 11 is 0. The number of fused-ring (bicyclic) bond motifs is 1. The monoisotopic (exact) mass is 167 g/mol. The molecule has 1 fully saturated rings. The first-order valence-corrected chi connectivity index (χ1v) is 4.74. The second-order valence-electron chi connectivity index (χ2n) is 3.86. The van der Waals surface area contributed by atoms with Crippen LogP contribution in [0, 0.1) is 0 Å². The molecule has 0 radical (unpaired) electrons. The summed E-state index contributed by atoms with van der Waals surface area (Å²) in [5.41, 5.74) is 0. The normalized spacial score (nSPS) is 40.2. The number of hydrogen-bond donors (Lipinski definition) is 1. The lowest BCUT2D eigenvalue weighted by Gasteiger charge is -2.33. The van der Waals surface area contributed by atoms with Gasteiger partial charge in [-0.2, -0.15) is 0 Å². The minimum atomic E-state index is 0.557. The maximum Gasteiger partial charge on any atom is 0.0854 e. The second kappa shape index (κ2) is 3.05. The van der Waals surface area contributed by atoms with Gasteiger partial charge in [-0.15, -0.1) is 0 Å². The van der Waals surface area contributed by atoms with E-state index in [0.717, 1.165) is 0 Å². The largest absolute Gasteiger partial charge is 0.361 e. The van der Waals surface area contributed by atoms with Gasteiger partial charge in [-0.05, 0) is 26.3 Å². The van der Waals surface area contributed by atoms with Crippen LogP contribution in [-0.2, 0) is 0 Å². The Hall–Kier alpha value is -0.570. The number of nitrogens with one attached hydrogen (secondary N) is 1. The van der Waals surface area contributed by atoms with Crippen LogP contribution < -0.4 is 5.32 Å². The van der Waals surface area contributed by atoms with Crippen molar-refractivity contribution in [3.05, 3.63) is 0 Å². The average Bonchev–Trinajstić information content (AvgIpc) is 2.47. The topological polar surface area (TPSA) is 27.6 Å². The van der Waals surface area contributed by atoms with Crippen molar-refractivity contribution in [3.8, 4) is 0 Å². The van der Waals surface area contributed by atoms with Crippen LogP contribution in [0.3, 0.4) is 0 Å². The SMILES string of the molecule is CNC1CCC2C(C1)N=CN2C. The third-order valence-electron chi connectivity index (χ3n) is 3.15. The molecule has 3 unspecified atom stereocenters. The first-order valence-electron chi connectivity index (χ1n) is 4.74. The lowest BCUT2D eigenvalue weighted by atomic mass is 9.87. The molecular formula is C9H17N3. The Morgan fingerprint density at radius 1 is 1.50 bits per heavy atom. The Kier molecular flexibility index (Phi) is 2.05. The fourth-order valence-electron chi connectivity index (χ4n) is 2.30. The van der Waals surface area contributed by atoms with Crippen molar-refractivity contribution < 1.29 is 0 Å². The molecule has 3 nitrogen and oxygen atoms in total. The summed E-state index contributed by atoms with van der Waals surface area (Å²) in [5, 5.41) is 3.34. The molecule has 1 aliphatic carbocycles. The maximum atomic E-state index is 4.50. The molecule has 0 bridgehead atoms. The van der Waals surface area contributed by atoms with E-state index in [4.69, 9.17) is 0 Å². The van der Waals surface area contributed by atoms with E-state index < -0.39 is 0 Å². The zero-order chi connectivity index (χ0) is 8.55. The molecule has 0 aromatic rings. The second-order valence-corrected chi connectivity index (χ2v) is 3.86. The molecule has 1 aliphatic heterocycles. The standard InChI is InChI=1S/C9H17N3/c1-10-7-3-4-9-8(5-7)11-6-12(9)2/h6-10H,3-5H2,1-2H3. The van der Waals surface area contributed by atoms with Crippen molar-refractivity contribution in [1.82, 2.24) is 10.2 Å². The molecule has 0 saturated heterocycles. The molecule has 2 rings (SSSR count). The molecule has 0 spiro atoms. The van der Waals surface area contributed by atoms with E-state index in [1.807, 2.05) is 13.4 Å². The fourth-order valence-corrected chi connectivity index (χ4v) is 2.30. The van der Waals surface area contributed by atoms with Crippen LogP contribution in [0.5, 0.6) is 0 Å². The van der Waals surface area contributed by atoms with Crippen molar-refractivity contribution in [2.75, 3.05) is 14.1 Å². The van der Waals surface area contributed by atoms with E-state index in [9.17, 15) is 0 Å². The smallest absolute Gasteiger partial charge is 0.0854 e. The molecular weight excluding hydrogens is 150 g/mol. The molecule has 1 N–H and O–H groups in total. The van der Waals surface area contributed by atoms with Crippen LogP contribution in [0.25, 0.3) is 0 Å². The van der Waals surface area contributed by atoms with Crippen LogP contribution in [0.2, 0.25) is 0 Å². The molecule has 3 atom stereocenters. The van der Waals surface area contributed by atoms with Gasteiger partial charge in [0.15, 0.2) is 0 Å². The highest BCUT2D eigenvalue weighted by Crippen LogP contribution is 2.27. The molecule has 1 heterocycles. The lowest BCUT2D eigenvalue weighted by molar-refractivity contribution is 0.245. The van der Waals surface area contributed by atoms with Gasteiger partial charge in [0.2, 0.25) is 0 Å². The highest BCUT2D eigenvalue weighted by atomic mass is 15.2. The first-order chi connectivity index (χ1) is 5.81. The minimum Gasteiger partial charge on any atom is -0.361 e. The highest BCUT2D eigenvalue weighted by Gasteiger charge is 2.34. The van der Waals surface area contributed by atoms with Crippen LogP contribution in [-0.4, -0.2) is 43.5 Å².